The zero-order chi connectivity index (χ0) is 18.8. The highest BCUT2D eigenvalue weighted by atomic mass is 16.5. The van der Waals surface area contributed by atoms with Crippen molar-refractivity contribution >= 4 is 5.91 Å². The molecule has 2 saturated heterocycles. The van der Waals surface area contributed by atoms with Gasteiger partial charge in [0, 0.05) is 6.54 Å². The smallest absolute Gasteiger partial charge is 0.277 e. The number of carbonyl (C=O) groups is 1. The number of aromatic nitrogens is 3. The van der Waals surface area contributed by atoms with Crippen molar-refractivity contribution in [2.75, 3.05) is 26.2 Å². The Morgan fingerprint density at radius 3 is 2.70 bits per heavy atom. The number of carbonyl (C=O) groups excluding carboxylic acids is 1. The van der Waals surface area contributed by atoms with Crippen LogP contribution in [0.2, 0.25) is 0 Å². The lowest BCUT2D eigenvalue weighted by Gasteiger charge is -2.38. The number of nitrogens with one attached hydrogen (secondary N) is 1. The number of morpholine rings is 1. The van der Waals surface area contributed by atoms with Crippen LogP contribution in [-0.4, -0.2) is 58.1 Å². The van der Waals surface area contributed by atoms with E-state index < -0.39 is 0 Å². The van der Waals surface area contributed by atoms with E-state index in [0.29, 0.717) is 24.9 Å². The van der Waals surface area contributed by atoms with E-state index in [-0.39, 0.29) is 18.1 Å². The number of hydrogen-bond donors (Lipinski definition) is 1. The Balaban J connectivity index is 1.61. The summed E-state index contributed by atoms with van der Waals surface area (Å²) in [5, 5.41) is 12.0. The molecule has 2 fully saturated rings. The van der Waals surface area contributed by atoms with Crippen molar-refractivity contribution in [1.29, 1.82) is 0 Å². The minimum Gasteiger partial charge on any atom is -0.374 e. The molecular weight excluding hydrogens is 342 g/mol. The van der Waals surface area contributed by atoms with Gasteiger partial charge in [-0.3, -0.25) is 4.79 Å². The van der Waals surface area contributed by atoms with Crippen LogP contribution in [0.4, 0.5) is 0 Å². The van der Waals surface area contributed by atoms with Gasteiger partial charge in [-0.2, -0.15) is 0 Å². The van der Waals surface area contributed by atoms with Crippen molar-refractivity contribution in [2.45, 2.75) is 44.9 Å². The van der Waals surface area contributed by atoms with Gasteiger partial charge in [0.15, 0.2) is 5.69 Å². The molecule has 27 heavy (non-hydrogen) atoms. The Labute approximate surface area is 159 Å². The highest BCUT2D eigenvalue weighted by Gasteiger charge is 2.35. The minimum absolute atomic E-state index is 0.00804. The van der Waals surface area contributed by atoms with Crippen LogP contribution in [0.25, 0.3) is 0 Å². The van der Waals surface area contributed by atoms with Gasteiger partial charge in [0.2, 0.25) is 0 Å². The predicted molar refractivity (Wildman–Crippen MR) is 102 cm³/mol. The third-order valence-electron chi connectivity index (χ3n) is 5.60. The van der Waals surface area contributed by atoms with Crippen molar-refractivity contribution in [2.24, 2.45) is 0 Å². The zero-order valence-corrected chi connectivity index (χ0v) is 16.0. The first-order valence-electron chi connectivity index (χ1n) is 9.75. The standard InChI is InChI=1S/C20H27N5O2/c1-14-12-24(18(13-27-14)16-6-4-3-5-7-16)20(26)19-15(2)25(23-22-19)17-8-10-21-11-9-17/h3-7,14,17-18,21H,8-13H2,1-2H3/t14-,18+/m1/s1. The molecule has 2 aliphatic heterocycles. The average molecular weight is 369 g/mol. The number of amides is 1. The van der Waals surface area contributed by atoms with Crippen LogP contribution in [0.15, 0.2) is 30.3 Å². The van der Waals surface area contributed by atoms with Crippen LogP contribution < -0.4 is 5.32 Å². The number of hydrogen-bond acceptors (Lipinski definition) is 5. The minimum atomic E-state index is -0.0988. The van der Waals surface area contributed by atoms with Crippen LogP contribution >= 0.6 is 0 Å². The Bertz CT molecular complexity index is 785. The molecule has 2 atom stereocenters. The molecule has 0 radical (unpaired) electrons. The fourth-order valence-corrected chi connectivity index (χ4v) is 4.05. The highest BCUT2D eigenvalue weighted by Crippen LogP contribution is 2.29. The lowest BCUT2D eigenvalue weighted by Crippen LogP contribution is -2.47. The van der Waals surface area contributed by atoms with E-state index in [1.807, 2.05) is 53.8 Å². The van der Waals surface area contributed by atoms with Gasteiger partial charge in [-0.05, 0) is 45.3 Å². The van der Waals surface area contributed by atoms with E-state index in [9.17, 15) is 4.79 Å². The lowest BCUT2D eigenvalue weighted by atomic mass is 10.0. The van der Waals surface area contributed by atoms with Gasteiger partial charge in [0.05, 0.1) is 30.5 Å². The van der Waals surface area contributed by atoms with Crippen LogP contribution in [0.1, 0.15) is 53.6 Å². The van der Waals surface area contributed by atoms with Crippen molar-refractivity contribution in [1.82, 2.24) is 25.2 Å². The monoisotopic (exact) mass is 369 g/mol. The summed E-state index contributed by atoms with van der Waals surface area (Å²) in [6.07, 6.45) is 2.03. The quantitative estimate of drug-likeness (QED) is 0.897. The Kier molecular flexibility index (Phi) is 5.22. The van der Waals surface area contributed by atoms with E-state index >= 15 is 0 Å². The van der Waals surface area contributed by atoms with Crippen LogP contribution in [0.5, 0.6) is 0 Å². The molecule has 0 aliphatic carbocycles. The summed E-state index contributed by atoms with van der Waals surface area (Å²) in [5.41, 5.74) is 2.41. The maximum atomic E-state index is 13.4. The van der Waals surface area contributed by atoms with Gasteiger partial charge in [-0.25, -0.2) is 4.68 Å². The molecule has 1 aromatic heterocycles. The van der Waals surface area contributed by atoms with E-state index in [1.165, 1.54) is 0 Å². The molecule has 2 aromatic rings. The predicted octanol–water partition coefficient (Wildman–Crippen LogP) is 2.11. The van der Waals surface area contributed by atoms with Crippen LogP contribution in [0.3, 0.4) is 0 Å². The van der Waals surface area contributed by atoms with E-state index in [1.54, 1.807) is 0 Å². The molecule has 7 heteroatoms. The van der Waals surface area contributed by atoms with Gasteiger partial charge >= 0.3 is 0 Å². The van der Waals surface area contributed by atoms with Gasteiger partial charge in [-0.1, -0.05) is 35.5 Å². The second kappa shape index (κ2) is 7.78. The van der Waals surface area contributed by atoms with Crippen LogP contribution in [0, 0.1) is 6.92 Å². The number of piperidine rings is 1. The van der Waals surface area contributed by atoms with Crippen molar-refractivity contribution in [3.05, 3.63) is 47.3 Å². The molecule has 0 unspecified atom stereocenters. The second-order valence-electron chi connectivity index (χ2n) is 7.48. The summed E-state index contributed by atoms with van der Waals surface area (Å²) < 4.78 is 7.79. The average Bonchev–Trinajstić information content (AvgIpc) is 3.10. The molecule has 4 rings (SSSR count). The molecule has 1 amide bonds. The molecule has 0 spiro atoms. The third kappa shape index (κ3) is 3.61. The number of benzene rings is 1. The summed E-state index contributed by atoms with van der Waals surface area (Å²) >= 11 is 0. The molecular formula is C20H27N5O2. The summed E-state index contributed by atoms with van der Waals surface area (Å²) in [6.45, 7) is 6.96. The van der Waals surface area contributed by atoms with Crippen LogP contribution in [-0.2, 0) is 4.74 Å². The first-order valence-corrected chi connectivity index (χ1v) is 9.75. The SMILES string of the molecule is Cc1c(C(=O)N2C[C@@H](C)OC[C@H]2c2ccccc2)nnn1C1CCNCC1. The molecule has 7 nitrogen and oxygen atoms in total. The summed E-state index contributed by atoms with van der Waals surface area (Å²) in [4.78, 5) is 15.3. The normalized spacial score (nSPS) is 24.1. The number of nitrogens with zero attached hydrogens (tertiary/aromatic N) is 4. The maximum Gasteiger partial charge on any atom is 0.277 e. The Morgan fingerprint density at radius 1 is 1.22 bits per heavy atom. The van der Waals surface area contributed by atoms with E-state index in [0.717, 1.165) is 37.2 Å². The number of rotatable bonds is 3. The Hall–Kier alpha value is -2.25. The number of ether oxygens (including phenoxy) is 1. The lowest BCUT2D eigenvalue weighted by molar-refractivity contribution is -0.0449. The largest absolute Gasteiger partial charge is 0.374 e. The van der Waals surface area contributed by atoms with E-state index in [4.69, 9.17) is 4.74 Å². The molecule has 0 saturated carbocycles. The summed E-state index contributed by atoms with van der Waals surface area (Å²) in [5.74, 6) is -0.0586. The third-order valence-corrected chi connectivity index (χ3v) is 5.60. The van der Waals surface area contributed by atoms with Crippen molar-refractivity contribution < 1.29 is 9.53 Å². The molecule has 2 aliphatic rings. The van der Waals surface area contributed by atoms with E-state index in [2.05, 4.69) is 15.6 Å². The summed E-state index contributed by atoms with van der Waals surface area (Å²) in [7, 11) is 0. The second-order valence-corrected chi connectivity index (χ2v) is 7.48. The van der Waals surface area contributed by atoms with Crippen molar-refractivity contribution in [3.63, 3.8) is 0 Å². The van der Waals surface area contributed by atoms with Gasteiger partial charge in [0.1, 0.15) is 0 Å². The van der Waals surface area contributed by atoms with Gasteiger partial charge in [0.25, 0.3) is 5.91 Å². The highest BCUT2D eigenvalue weighted by molar-refractivity contribution is 5.93. The van der Waals surface area contributed by atoms with Crippen molar-refractivity contribution in [3.8, 4) is 0 Å². The van der Waals surface area contributed by atoms with Gasteiger partial charge < -0.3 is 15.0 Å². The zero-order valence-electron chi connectivity index (χ0n) is 16.0. The first kappa shape index (κ1) is 18.1. The molecule has 1 aromatic carbocycles. The maximum absolute atomic E-state index is 13.4. The topological polar surface area (TPSA) is 72.3 Å². The summed E-state index contributed by atoms with van der Waals surface area (Å²) in [6, 6.07) is 10.3. The fourth-order valence-electron chi connectivity index (χ4n) is 4.05. The fraction of sp³-hybridized carbons (Fsp3) is 0.550. The van der Waals surface area contributed by atoms with Gasteiger partial charge in [-0.15, -0.1) is 5.10 Å². The first-order chi connectivity index (χ1) is 13.1. The molecule has 1 N–H and O–H groups in total. The molecule has 0 bridgehead atoms. The molecule has 3 heterocycles. The molecule has 144 valence electrons. The Morgan fingerprint density at radius 2 is 1.96 bits per heavy atom.